The molecule has 1 aliphatic rings. The number of hydrogen-bond donors (Lipinski definition) is 0. The standard InChI is InChI=1S/C13H15ClN2OS2/c1-13(2)11(15(3)12(18)19-13)16(17)8-9-4-6-10(14)7-5-9/h4-8,11H,1-3H3/b16-8-/t11-/m0/s1. The second-order valence-corrected chi connectivity index (χ2v) is 7.72. The van der Waals surface area contributed by atoms with Crippen molar-refractivity contribution in [2.75, 3.05) is 7.05 Å². The number of nitrogens with zero attached hydrogens (tertiary/aromatic N) is 2. The molecule has 2 rings (SSSR count). The van der Waals surface area contributed by atoms with E-state index in [-0.39, 0.29) is 10.9 Å². The van der Waals surface area contributed by atoms with Crippen molar-refractivity contribution >= 4 is 46.1 Å². The zero-order valence-corrected chi connectivity index (χ0v) is 13.4. The van der Waals surface area contributed by atoms with Gasteiger partial charge in [0.1, 0.15) is 9.07 Å². The molecular weight excluding hydrogens is 300 g/mol. The van der Waals surface area contributed by atoms with E-state index in [1.165, 1.54) is 0 Å². The van der Waals surface area contributed by atoms with Crippen LogP contribution in [0.4, 0.5) is 0 Å². The Kier molecular flexibility index (Phi) is 4.08. The lowest BCUT2D eigenvalue weighted by molar-refractivity contribution is -0.522. The number of halogens is 1. The van der Waals surface area contributed by atoms with Crippen LogP contribution in [0.25, 0.3) is 0 Å². The predicted molar refractivity (Wildman–Crippen MR) is 86.1 cm³/mol. The van der Waals surface area contributed by atoms with E-state index >= 15 is 0 Å². The Labute approximate surface area is 127 Å². The van der Waals surface area contributed by atoms with E-state index < -0.39 is 0 Å². The van der Waals surface area contributed by atoms with Crippen molar-refractivity contribution in [1.82, 2.24) is 4.90 Å². The first-order valence-electron chi connectivity index (χ1n) is 5.83. The highest BCUT2D eigenvalue weighted by Gasteiger charge is 2.48. The summed E-state index contributed by atoms with van der Waals surface area (Å²) in [6.07, 6.45) is 1.27. The lowest BCUT2D eigenvalue weighted by atomic mass is 10.1. The monoisotopic (exact) mass is 314 g/mol. The summed E-state index contributed by atoms with van der Waals surface area (Å²) in [6, 6.07) is 7.18. The molecule has 0 saturated carbocycles. The molecule has 0 aromatic heterocycles. The zero-order chi connectivity index (χ0) is 14.2. The van der Waals surface area contributed by atoms with Gasteiger partial charge >= 0.3 is 0 Å². The summed E-state index contributed by atoms with van der Waals surface area (Å²) in [5.41, 5.74) is 0.825. The fourth-order valence-corrected chi connectivity index (χ4v) is 4.09. The quantitative estimate of drug-likeness (QED) is 0.275. The molecule has 1 atom stereocenters. The van der Waals surface area contributed by atoms with Crippen LogP contribution in [0.2, 0.25) is 5.02 Å². The minimum atomic E-state index is -0.305. The maximum Gasteiger partial charge on any atom is 0.254 e. The van der Waals surface area contributed by atoms with Crippen LogP contribution < -0.4 is 0 Å². The largest absolute Gasteiger partial charge is 0.622 e. The fourth-order valence-electron chi connectivity index (χ4n) is 2.16. The van der Waals surface area contributed by atoms with Crippen LogP contribution in [-0.2, 0) is 0 Å². The number of hydrogen-bond acceptors (Lipinski definition) is 3. The molecule has 6 heteroatoms. The van der Waals surface area contributed by atoms with Gasteiger partial charge in [0, 0.05) is 17.6 Å². The maximum atomic E-state index is 12.4. The van der Waals surface area contributed by atoms with E-state index in [1.807, 2.05) is 37.9 Å². The second-order valence-electron chi connectivity index (χ2n) is 5.00. The van der Waals surface area contributed by atoms with Crippen molar-refractivity contribution in [3.8, 4) is 0 Å². The third kappa shape index (κ3) is 3.04. The molecule has 19 heavy (non-hydrogen) atoms. The van der Waals surface area contributed by atoms with E-state index in [9.17, 15) is 5.21 Å². The van der Waals surface area contributed by atoms with Crippen LogP contribution in [0.3, 0.4) is 0 Å². The molecule has 3 nitrogen and oxygen atoms in total. The van der Waals surface area contributed by atoms with Gasteiger partial charge in [-0.3, -0.25) is 0 Å². The average Bonchev–Trinajstić information content (AvgIpc) is 2.51. The highest BCUT2D eigenvalue weighted by molar-refractivity contribution is 8.24. The van der Waals surface area contributed by atoms with Crippen molar-refractivity contribution in [1.29, 1.82) is 0 Å². The third-order valence-electron chi connectivity index (χ3n) is 3.01. The first kappa shape index (κ1) is 14.6. The van der Waals surface area contributed by atoms with Gasteiger partial charge < -0.3 is 10.1 Å². The molecule has 0 amide bonds. The molecule has 1 aliphatic heterocycles. The Morgan fingerprint density at radius 3 is 2.47 bits per heavy atom. The summed E-state index contributed by atoms with van der Waals surface area (Å²) < 4.78 is 1.48. The van der Waals surface area contributed by atoms with Gasteiger partial charge in [0.25, 0.3) is 6.17 Å². The van der Waals surface area contributed by atoms with Crippen molar-refractivity contribution < 1.29 is 4.74 Å². The summed E-state index contributed by atoms with van der Waals surface area (Å²) in [7, 11) is 1.86. The van der Waals surface area contributed by atoms with Gasteiger partial charge in [-0.05, 0) is 38.1 Å². The highest BCUT2D eigenvalue weighted by Crippen LogP contribution is 2.40. The number of rotatable bonds is 2. The van der Waals surface area contributed by atoms with Crippen LogP contribution in [0.15, 0.2) is 24.3 Å². The number of hydroxylamine groups is 1. The third-order valence-corrected chi connectivity index (χ3v) is 5.00. The van der Waals surface area contributed by atoms with Gasteiger partial charge in [0.15, 0.2) is 6.21 Å². The van der Waals surface area contributed by atoms with Crippen molar-refractivity contribution in [2.45, 2.75) is 24.8 Å². The maximum absolute atomic E-state index is 12.4. The predicted octanol–water partition coefficient (Wildman–Crippen LogP) is 3.34. The van der Waals surface area contributed by atoms with Gasteiger partial charge in [0.05, 0.1) is 0 Å². The first-order valence-corrected chi connectivity index (χ1v) is 7.43. The number of thiocarbonyl (C=S) groups is 1. The van der Waals surface area contributed by atoms with E-state index in [0.717, 1.165) is 14.6 Å². The zero-order valence-electron chi connectivity index (χ0n) is 11.0. The van der Waals surface area contributed by atoms with Crippen molar-refractivity contribution in [2.24, 2.45) is 0 Å². The van der Waals surface area contributed by atoms with Crippen LogP contribution in [0.1, 0.15) is 19.4 Å². The minimum Gasteiger partial charge on any atom is -0.622 e. The molecule has 0 bridgehead atoms. The number of thioether (sulfide) groups is 1. The van der Waals surface area contributed by atoms with E-state index in [2.05, 4.69) is 0 Å². The normalized spacial score (nSPS) is 22.9. The Morgan fingerprint density at radius 2 is 2.00 bits per heavy atom. The van der Waals surface area contributed by atoms with Crippen LogP contribution in [0.5, 0.6) is 0 Å². The van der Waals surface area contributed by atoms with Gasteiger partial charge in [-0.25, -0.2) is 0 Å². The molecule has 1 heterocycles. The molecule has 1 aromatic rings. The van der Waals surface area contributed by atoms with E-state index in [1.54, 1.807) is 30.1 Å². The van der Waals surface area contributed by atoms with Crippen molar-refractivity contribution in [3.05, 3.63) is 40.1 Å². The Hall–Kier alpha value is -0.780. The Bertz CT molecular complexity index is 528. The summed E-state index contributed by atoms with van der Waals surface area (Å²) in [6.45, 7) is 4.05. The van der Waals surface area contributed by atoms with E-state index in [4.69, 9.17) is 23.8 Å². The smallest absolute Gasteiger partial charge is 0.254 e. The summed E-state index contributed by atoms with van der Waals surface area (Å²) in [4.78, 5) is 1.85. The molecule has 1 fully saturated rings. The fraction of sp³-hybridized carbons (Fsp3) is 0.385. The first-order chi connectivity index (χ1) is 8.81. The number of benzene rings is 1. The molecular formula is C13H15ClN2OS2. The summed E-state index contributed by atoms with van der Waals surface area (Å²) in [5, 5.41) is 13.0. The van der Waals surface area contributed by atoms with Gasteiger partial charge in [-0.2, -0.15) is 4.74 Å². The van der Waals surface area contributed by atoms with Gasteiger partial charge in [-0.15, -0.1) is 0 Å². The average molecular weight is 315 g/mol. The van der Waals surface area contributed by atoms with Crippen molar-refractivity contribution in [3.63, 3.8) is 0 Å². The SMILES string of the molecule is CN1C(=S)SC(C)(C)[C@@H]1/[N+]([O-])=C/c1ccc(Cl)cc1. The van der Waals surface area contributed by atoms with Gasteiger partial charge in [0.2, 0.25) is 0 Å². The topological polar surface area (TPSA) is 29.3 Å². The molecule has 1 saturated heterocycles. The summed E-state index contributed by atoms with van der Waals surface area (Å²) >= 11 is 12.6. The van der Waals surface area contributed by atoms with Crippen LogP contribution >= 0.6 is 35.6 Å². The molecule has 102 valence electrons. The Morgan fingerprint density at radius 1 is 1.42 bits per heavy atom. The lowest BCUT2D eigenvalue weighted by Crippen LogP contribution is -2.46. The molecule has 1 aromatic carbocycles. The summed E-state index contributed by atoms with van der Waals surface area (Å²) in [5.74, 6) is 0. The lowest BCUT2D eigenvalue weighted by Gasteiger charge is -2.27. The molecule has 0 unspecified atom stereocenters. The molecule has 0 spiro atoms. The minimum absolute atomic E-state index is 0.240. The van der Waals surface area contributed by atoms with E-state index in [0.29, 0.717) is 5.02 Å². The molecule has 0 aliphatic carbocycles. The molecule has 0 radical (unpaired) electrons. The highest BCUT2D eigenvalue weighted by atomic mass is 35.5. The Balaban J connectivity index is 2.30. The second kappa shape index (κ2) is 5.31. The molecule has 0 N–H and O–H groups in total. The van der Waals surface area contributed by atoms with Crippen LogP contribution in [0, 0.1) is 5.21 Å². The van der Waals surface area contributed by atoms with Crippen LogP contribution in [-0.4, -0.2) is 38.1 Å². The van der Waals surface area contributed by atoms with Gasteiger partial charge in [-0.1, -0.05) is 35.6 Å².